The third kappa shape index (κ3) is 4.02. The van der Waals surface area contributed by atoms with Crippen molar-refractivity contribution in [3.63, 3.8) is 0 Å². The van der Waals surface area contributed by atoms with E-state index in [2.05, 4.69) is 16.9 Å². The lowest BCUT2D eigenvalue weighted by atomic mass is 10.2. The summed E-state index contributed by atoms with van der Waals surface area (Å²) in [5, 5.41) is 0.875. The Morgan fingerprint density at radius 2 is 1.92 bits per heavy atom. The van der Waals surface area contributed by atoms with Gasteiger partial charge in [0.2, 0.25) is 5.91 Å². The highest BCUT2D eigenvalue weighted by Crippen LogP contribution is 2.34. The zero-order valence-corrected chi connectivity index (χ0v) is 16.8. The predicted molar refractivity (Wildman–Crippen MR) is 103 cm³/mol. The standard InChI is InChI=1S/C17H18ClN3O3S2/c1-3-8-25-17-19-15(18)13-9-14(22)21(16(13)20-17)10-11-4-6-12(7-5-11)26(2,23)24/h4-7H,3,8-10H2,1-2H3. The van der Waals surface area contributed by atoms with Crippen molar-refractivity contribution in [2.45, 2.75) is 36.4 Å². The highest BCUT2D eigenvalue weighted by atomic mass is 35.5. The van der Waals surface area contributed by atoms with Gasteiger partial charge in [-0.15, -0.1) is 0 Å². The zero-order chi connectivity index (χ0) is 18.9. The molecule has 2 heterocycles. The summed E-state index contributed by atoms with van der Waals surface area (Å²) in [5.41, 5.74) is 1.46. The summed E-state index contributed by atoms with van der Waals surface area (Å²) in [5.74, 6) is 1.32. The average Bonchev–Trinajstić information content (AvgIpc) is 2.89. The molecule has 1 amide bonds. The molecule has 0 bridgehead atoms. The number of hydrogen-bond acceptors (Lipinski definition) is 6. The van der Waals surface area contributed by atoms with Gasteiger partial charge in [0, 0.05) is 17.6 Å². The molecule has 6 nitrogen and oxygen atoms in total. The Hall–Kier alpha value is -1.64. The number of aromatic nitrogens is 2. The highest BCUT2D eigenvalue weighted by Gasteiger charge is 2.32. The summed E-state index contributed by atoms with van der Waals surface area (Å²) in [6.07, 6.45) is 2.32. The minimum absolute atomic E-state index is 0.0963. The molecule has 0 atom stereocenters. The second-order valence-corrected chi connectivity index (χ2v) is 9.46. The van der Waals surface area contributed by atoms with Gasteiger partial charge >= 0.3 is 0 Å². The van der Waals surface area contributed by atoms with Crippen LogP contribution in [-0.2, 0) is 27.6 Å². The third-order valence-electron chi connectivity index (χ3n) is 3.93. The Morgan fingerprint density at radius 1 is 1.23 bits per heavy atom. The fourth-order valence-electron chi connectivity index (χ4n) is 2.61. The molecule has 9 heteroatoms. The van der Waals surface area contributed by atoms with Crippen LogP contribution in [0, 0.1) is 0 Å². The largest absolute Gasteiger partial charge is 0.292 e. The van der Waals surface area contributed by atoms with Gasteiger partial charge < -0.3 is 0 Å². The van der Waals surface area contributed by atoms with Crippen molar-refractivity contribution in [1.29, 1.82) is 0 Å². The molecule has 0 aliphatic carbocycles. The lowest BCUT2D eigenvalue weighted by molar-refractivity contribution is -0.117. The van der Waals surface area contributed by atoms with Gasteiger partial charge in [0.05, 0.1) is 17.9 Å². The van der Waals surface area contributed by atoms with Crippen LogP contribution in [0.4, 0.5) is 5.82 Å². The number of fused-ring (bicyclic) bond motifs is 1. The van der Waals surface area contributed by atoms with Gasteiger partial charge in [-0.2, -0.15) is 0 Å². The second-order valence-electron chi connectivity index (χ2n) is 6.02. The van der Waals surface area contributed by atoms with Gasteiger partial charge in [0.1, 0.15) is 11.0 Å². The molecule has 1 aliphatic heterocycles. The molecule has 0 radical (unpaired) electrons. The van der Waals surface area contributed by atoms with E-state index >= 15 is 0 Å². The first-order valence-corrected chi connectivity index (χ1v) is 11.3. The quantitative estimate of drug-likeness (QED) is 0.412. The number of hydrogen-bond donors (Lipinski definition) is 0. The van der Waals surface area contributed by atoms with Crippen LogP contribution < -0.4 is 4.90 Å². The Kier molecular flexibility index (Phi) is 5.55. The molecule has 0 spiro atoms. The normalized spacial score (nSPS) is 14.0. The van der Waals surface area contributed by atoms with E-state index in [1.54, 1.807) is 29.2 Å². The second kappa shape index (κ2) is 7.54. The molecule has 0 fully saturated rings. The van der Waals surface area contributed by atoms with E-state index in [1.165, 1.54) is 11.8 Å². The lowest BCUT2D eigenvalue weighted by Gasteiger charge is -2.17. The fourth-order valence-corrected chi connectivity index (χ4v) is 4.22. The van der Waals surface area contributed by atoms with Gasteiger partial charge in [-0.1, -0.05) is 42.4 Å². The van der Waals surface area contributed by atoms with Crippen LogP contribution in [0.5, 0.6) is 0 Å². The number of rotatable bonds is 6. The van der Waals surface area contributed by atoms with Gasteiger partial charge in [0.15, 0.2) is 15.0 Å². The van der Waals surface area contributed by atoms with Crippen molar-refractivity contribution in [2.24, 2.45) is 0 Å². The number of carbonyl (C=O) groups is 1. The number of carbonyl (C=O) groups excluding carboxylic acids is 1. The number of sulfone groups is 1. The highest BCUT2D eigenvalue weighted by molar-refractivity contribution is 7.99. The number of thioether (sulfide) groups is 1. The molecule has 3 rings (SSSR count). The lowest BCUT2D eigenvalue weighted by Crippen LogP contribution is -2.26. The van der Waals surface area contributed by atoms with Crippen LogP contribution in [0.1, 0.15) is 24.5 Å². The topological polar surface area (TPSA) is 80.2 Å². The minimum Gasteiger partial charge on any atom is -0.292 e. The number of nitrogens with zero attached hydrogens (tertiary/aromatic N) is 3. The average molecular weight is 412 g/mol. The molecule has 0 saturated carbocycles. The van der Waals surface area contributed by atoms with Crippen LogP contribution in [0.25, 0.3) is 0 Å². The molecule has 138 valence electrons. The Labute approximate surface area is 161 Å². The maximum absolute atomic E-state index is 12.4. The van der Waals surface area contributed by atoms with Crippen LogP contribution in [0.15, 0.2) is 34.3 Å². The van der Waals surface area contributed by atoms with Gasteiger partial charge in [-0.25, -0.2) is 18.4 Å². The van der Waals surface area contributed by atoms with E-state index in [9.17, 15) is 13.2 Å². The zero-order valence-electron chi connectivity index (χ0n) is 14.4. The first-order valence-electron chi connectivity index (χ1n) is 8.08. The summed E-state index contributed by atoms with van der Waals surface area (Å²) in [6.45, 7) is 2.37. The Bertz CT molecular complexity index is 946. The maximum Gasteiger partial charge on any atom is 0.233 e. The van der Waals surface area contributed by atoms with Crippen molar-refractivity contribution in [2.75, 3.05) is 16.9 Å². The van der Waals surface area contributed by atoms with Gasteiger partial charge in [-0.05, 0) is 24.1 Å². The molecule has 0 N–H and O–H groups in total. The van der Waals surface area contributed by atoms with Gasteiger partial charge in [-0.3, -0.25) is 9.69 Å². The van der Waals surface area contributed by atoms with Crippen LogP contribution in [0.3, 0.4) is 0 Å². The summed E-state index contributed by atoms with van der Waals surface area (Å²) in [6, 6.07) is 6.50. The monoisotopic (exact) mass is 411 g/mol. The Morgan fingerprint density at radius 3 is 2.54 bits per heavy atom. The van der Waals surface area contributed by atoms with Gasteiger partial charge in [0.25, 0.3) is 0 Å². The summed E-state index contributed by atoms with van der Waals surface area (Å²) in [7, 11) is -3.25. The number of halogens is 1. The van der Waals surface area contributed by atoms with Crippen LogP contribution >= 0.6 is 23.4 Å². The first kappa shape index (κ1) is 19.1. The number of anilines is 1. The van der Waals surface area contributed by atoms with Crippen molar-refractivity contribution in [3.8, 4) is 0 Å². The van der Waals surface area contributed by atoms with Crippen molar-refractivity contribution < 1.29 is 13.2 Å². The predicted octanol–water partition coefficient (Wildman–Crippen LogP) is 3.12. The number of benzene rings is 1. The molecule has 0 saturated heterocycles. The molecule has 2 aromatic rings. The third-order valence-corrected chi connectivity index (χ3v) is 6.42. The Balaban J connectivity index is 1.88. The number of amides is 1. The smallest absolute Gasteiger partial charge is 0.233 e. The molecule has 0 unspecified atom stereocenters. The summed E-state index contributed by atoms with van der Waals surface area (Å²) < 4.78 is 23.1. The maximum atomic E-state index is 12.4. The first-order chi connectivity index (χ1) is 12.3. The van der Waals surface area contributed by atoms with E-state index < -0.39 is 9.84 Å². The fraction of sp³-hybridized carbons (Fsp3) is 0.353. The molecule has 1 aromatic carbocycles. The molecule has 1 aliphatic rings. The van der Waals surface area contributed by atoms with E-state index in [4.69, 9.17) is 11.6 Å². The minimum atomic E-state index is -3.25. The molecule has 1 aromatic heterocycles. The van der Waals surface area contributed by atoms with E-state index in [0.29, 0.717) is 28.2 Å². The molecular formula is C17H18ClN3O3S2. The summed E-state index contributed by atoms with van der Waals surface area (Å²) in [4.78, 5) is 23.0. The van der Waals surface area contributed by atoms with Crippen LogP contribution in [-0.4, -0.2) is 36.3 Å². The SMILES string of the molecule is CCCSc1nc(Cl)c2c(n1)N(Cc1ccc(S(C)(=O)=O)cc1)C(=O)C2. The van der Waals surface area contributed by atoms with E-state index in [1.807, 2.05) is 0 Å². The molecule has 26 heavy (non-hydrogen) atoms. The van der Waals surface area contributed by atoms with E-state index in [-0.39, 0.29) is 17.2 Å². The van der Waals surface area contributed by atoms with Crippen molar-refractivity contribution in [3.05, 3.63) is 40.5 Å². The summed E-state index contributed by atoms with van der Waals surface area (Å²) >= 11 is 7.75. The van der Waals surface area contributed by atoms with Crippen molar-refractivity contribution >= 4 is 44.9 Å². The van der Waals surface area contributed by atoms with E-state index in [0.717, 1.165) is 24.0 Å². The van der Waals surface area contributed by atoms with Crippen molar-refractivity contribution in [1.82, 2.24) is 9.97 Å². The molecular weight excluding hydrogens is 394 g/mol. The van der Waals surface area contributed by atoms with Crippen LogP contribution in [0.2, 0.25) is 5.15 Å².